The van der Waals surface area contributed by atoms with Crippen LogP contribution in [0.5, 0.6) is 0 Å². The van der Waals surface area contributed by atoms with Crippen molar-refractivity contribution in [1.82, 2.24) is 5.32 Å². The fourth-order valence-corrected chi connectivity index (χ4v) is 2.87. The molecule has 0 aliphatic heterocycles. The highest BCUT2D eigenvalue weighted by Crippen LogP contribution is 2.13. The molecule has 0 aliphatic carbocycles. The number of hydrogen-bond acceptors (Lipinski definition) is 4. The van der Waals surface area contributed by atoms with Crippen molar-refractivity contribution < 1.29 is 24.2 Å². The maximum atomic E-state index is 12.0. The molecular weight excluding hydrogens is 370 g/mol. The third kappa shape index (κ3) is 7.58. The number of carbonyl (C=O) groups excluding carboxylic acids is 1. The molecule has 1 amide bonds. The van der Waals surface area contributed by atoms with Crippen LogP contribution in [0, 0.1) is 13.8 Å². The van der Waals surface area contributed by atoms with Crippen molar-refractivity contribution in [3.05, 3.63) is 70.3 Å². The maximum absolute atomic E-state index is 12.0. The van der Waals surface area contributed by atoms with Gasteiger partial charge in [-0.25, -0.2) is 9.59 Å². The lowest BCUT2D eigenvalue weighted by molar-refractivity contribution is -0.153. The molecule has 6 nitrogen and oxygen atoms in total. The molecule has 2 N–H and O–H groups in total. The number of alkyl carbamates (subject to hydrolysis) is 1. The minimum absolute atomic E-state index is 0.173. The summed E-state index contributed by atoms with van der Waals surface area (Å²) in [4.78, 5) is 23.4. The van der Waals surface area contributed by atoms with E-state index in [1.54, 1.807) is 13.8 Å². The van der Waals surface area contributed by atoms with Gasteiger partial charge in [-0.15, -0.1) is 0 Å². The SMILES string of the molecule is Cc1ccc(COC(=O)NCc2cccc(C[C@H](OC(C)C)C(=O)O)c2)cc1C. The van der Waals surface area contributed by atoms with E-state index in [2.05, 4.69) is 5.32 Å². The molecule has 0 heterocycles. The van der Waals surface area contributed by atoms with E-state index in [1.165, 1.54) is 5.56 Å². The topological polar surface area (TPSA) is 84.9 Å². The number of hydrogen-bond donors (Lipinski definition) is 2. The van der Waals surface area contributed by atoms with E-state index < -0.39 is 18.2 Å². The summed E-state index contributed by atoms with van der Waals surface area (Å²) in [5.74, 6) is -0.989. The van der Waals surface area contributed by atoms with Crippen LogP contribution in [0.25, 0.3) is 0 Å². The van der Waals surface area contributed by atoms with Crippen molar-refractivity contribution in [2.45, 2.75) is 59.5 Å². The van der Waals surface area contributed by atoms with E-state index in [0.717, 1.165) is 22.3 Å². The van der Waals surface area contributed by atoms with Gasteiger partial charge in [-0.1, -0.05) is 42.5 Å². The average Bonchev–Trinajstić information content (AvgIpc) is 2.66. The molecule has 0 fully saturated rings. The third-order valence-electron chi connectivity index (χ3n) is 4.50. The van der Waals surface area contributed by atoms with Crippen molar-refractivity contribution in [1.29, 1.82) is 0 Å². The Bertz CT molecular complexity index is 847. The average molecular weight is 399 g/mol. The van der Waals surface area contributed by atoms with Crippen LogP contribution in [0.1, 0.15) is 41.7 Å². The van der Waals surface area contributed by atoms with Gasteiger partial charge in [0, 0.05) is 13.0 Å². The number of ether oxygens (including phenoxy) is 2. The van der Waals surface area contributed by atoms with E-state index in [0.29, 0.717) is 6.54 Å². The van der Waals surface area contributed by atoms with Gasteiger partial charge in [0.05, 0.1) is 6.10 Å². The van der Waals surface area contributed by atoms with E-state index in [9.17, 15) is 14.7 Å². The summed E-state index contributed by atoms with van der Waals surface area (Å²) in [6, 6.07) is 13.4. The fraction of sp³-hybridized carbons (Fsp3) is 0.391. The molecule has 2 rings (SSSR count). The van der Waals surface area contributed by atoms with Gasteiger partial charge in [0.2, 0.25) is 0 Å². The summed E-state index contributed by atoms with van der Waals surface area (Å²) in [5.41, 5.74) is 4.99. The van der Waals surface area contributed by atoms with Gasteiger partial charge >= 0.3 is 12.1 Å². The lowest BCUT2D eigenvalue weighted by Gasteiger charge is -2.17. The zero-order valence-corrected chi connectivity index (χ0v) is 17.4. The van der Waals surface area contributed by atoms with Gasteiger partial charge in [0.25, 0.3) is 0 Å². The minimum atomic E-state index is -0.989. The standard InChI is InChI=1S/C23H29NO5/c1-15(2)29-21(22(25)26)12-18-6-5-7-19(11-18)13-24-23(27)28-14-20-9-8-16(3)17(4)10-20/h5-11,15,21H,12-14H2,1-4H3,(H,24,27)(H,25,26)/t21-/m0/s1. The van der Waals surface area contributed by atoms with Crippen LogP contribution in [0.15, 0.2) is 42.5 Å². The molecule has 0 aliphatic rings. The molecule has 0 saturated carbocycles. The second-order valence-electron chi connectivity index (χ2n) is 7.38. The van der Waals surface area contributed by atoms with Crippen molar-refractivity contribution in [3.8, 4) is 0 Å². The van der Waals surface area contributed by atoms with Crippen molar-refractivity contribution in [3.63, 3.8) is 0 Å². The van der Waals surface area contributed by atoms with E-state index in [4.69, 9.17) is 9.47 Å². The Morgan fingerprint density at radius 3 is 2.38 bits per heavy atom. The van der Waals surface area contributed by atoms with Crippen molar-refractivity contribution >= 4 is 12.1 Å². The number of carboxylic acids is 1. The first kappa shape index (κ1) is 22.4. The van der Waals surface area contributed by atoms with Crippen LogP contribution < -0.4 is 5.32 Å². The van der Waals surface area contributed by atoms with Crippen LogP contribution in [0.3, 0.4) is 0 Å². The molecule has 0 spiro atoms. The van der Waals surface area contributed by atoms with Crippen LogP contribution >= 0.6 is 0 Å². The van der Waals surface area contributed by atoms with Crippen LogP contribution in [0.2, 0.25) is 0 Å². The number of amides is 1. The Hall–Kier alpha value is -2.86. The highest BCUT2D eigenvalue weighted by atomic mass is 16.5. The summed E-state index contributed by atoms with van der Waals surface area (Å²) < 4.78 is 10.7. The van der Waals surface area contributed by atoms with E-state index >= 15 is 0 Å². The third-order valence-corrected chi connectivity index (χ3v) is 4.50. The van der Waals surface area contributed by atoms with E-state index in [1.807, 2.05) is 56.3 Å². The summed E-state index contributed by atoms with van der Waals surface area (Å²) >= 11 is 0. The molecular formula is C23H29NO5. The second-order valence-corrected chi connectivity index (χ2v) is 7.38. The zero-order valence-electron chi connectivity index (χ0n) is 17.4. The number of benzene rings is 2. The first-order chi connectivity index (χ1) is 13.7. The Morgan fingerprint density at radius 2 is 1.72 bits per heavy atom. The molecule has 29 heavy (non-hydrogen) atoms. The lowest BCUT2D eigenvalue weighted by Crippen LogP contribution is -2.29. The maximum Gasteiger partial charge on any atom is 0.407 e. The highest BCUT2D eigenvalue weighted by molar-refractivity contribution is 5.72. The first-order valence-corrected chi connectivity index (χ1v) is 9.67. The Morgan fingerprint density at radius 1 is 1.00 bits per heavy atom. The molecule has 0 unspecified atom stereocenters. The normalized spacial score (nSPS) is 11.9. The smallest absolute Gasteiger partial charge is 0.407 e. The molecule has 0 saturated heterocycles. The number of carboxylic acid groups (broad SMARTS) is 1. The number of nitrogens with one attached hydrogen (secondary N) is 1. The fourth-order valence-electron chi connectivity index (χ4n) is 2.87. The molecule has 0 aromatic heterocycles. The highest BCUT2D eigenvalue weighted by Gasteiger charge is 2.20. The zero-order chi connectivity index (χ0) is 21.4. The van der Waals surface area contributed by atoms with Gasteiger partial charge in [0.15, 0.2) is 6.10 Å². The minimum Gasteiger partial charge on any atom is -0.479 e. The largest absolute Gasteiger partial charge is 0.479 e. The number of rotatable bonds is 9. The van der Waals surface area contributed by atoms with Gasteiger partial charge < -0.3 is 19.9 Å². The van der Waals surface area contributed by atoms with Crippen LogP contribution in [-0.4, -0.2) is 29.4 Å². The van der Waals surface area contributed by atoms with Gasteiger partial charge in [0.1, 0.15) is 6.61 Å². The molecule has 0 bridgehead atoms. The molecule has 156 valence electrons. The Balaban J connectivity index is 1.86. The van der Waals surface area contributed by atoms with Gasteiger partial charge in [-0.3, -0.25) is 0 Å². The quantitative estimate of drug-likeness (QED) is 0.662. The van der Waals surface area contributed by atoms with Gasteiger partial charge in [-0.2, -0.15) is 0 Å². The predicted molar refractivity (Wildman–Crippen MR) is 111 cm³/mol. The Labute approximate surface area is 171 Å². The number of carbonyl (C=O) groups is 2. The number of aliphatic carboxylic acids is 1. The second kappa shape index (κ2) is 10.6. The summed E-state index contributed by atoms with van der Waals surface area (Å²) in [7, 11) is 0. The van der Waals surface area contributed by atoms with Crippen molar-refractivity contribution in [2.24, 2.45) is 0 Å². The summed E-state index contributed by atoms with van der Waals surface area (Å²) in [5, 5.41) is 12.0. The molecule has 2 aromatic carbocycles. The summed E-state index contributed by atoms with van der Waals surface area (Å²) in [6.07, 6.45) is -1.31. The van der Waals surface area contributed by atoms with Crippen LogP contribution in [0.4, 0.5) is 4.79 Å². The lowest BCUT2D eigenvalue weighted by atomic mass is 10.0. The monoisotopic (exact) mass is 399 g/mol. The molecule has 1 atom stereocenters. The van der Waals surface area contributed by atoms with Crippen molar-refractivity contribution in [2.75, 3.05) is 0 Å². The molecule has 6 heteroatoms. The molecule has 2 aromatic rings. The van der Waals surface area contributed by atoms with Gasteiger partial charge in [-0.05, 0) is 55.5 Å². The van der Waals surface area contributed by atoms with Crippen LogP contribution in [-0.2, 0) is 33.8 Å². The summed E-state index contributed by atoms with van der Waals surface area (Å²) in [6.45, 7) is 8.17. The first-order valence-electron chi connectivity index (χ1n) is 9.67. The Kier molecular flexibility index (Phi) is 8.21. The molecule has 0 radical (unpaired) electrons. The predicted octanol–water partition coefficient (Wildman–Crippen LogP) is 4.15. The van der Waals surface area contributed by atoms with E-state index in [-0.39, 0.29) is 19.1 Å². The number of aryl methyl sites for hydroxylation is 2.